The number of carboxylic acid groups (broad SMARTS) is 1. The molecule has 0 heterocycles. The zero-order valence-corrected chi connectivity index (χ0v) is 13.2. The number of aliphatic carboxylic acids is 1. The maximum absolute atomic E-state index is 12.6. The van der Waals surface area contributed by atoms with Crippen molar-refractivity contribution >= 4 is 11.9 Å². The van der Waals surface area contributed by atoms with Crippen molar-refractivity contribution in [3.05, 3.63) is 0 Å². The maximum Gasteiger partial charge on any atom is 0.329 e. The molecule has 2 saturated carbocycles. The van der Waals surface area contributed by atoms with Crippen LogP contribution in [-0.2, 0) is 9.59 Å². The first-order valence-electron chi connectivity index (χ1n) is 8.61. The van der Waals surface area contributed by atoms with Crippen molar-refractivity contribution in [1.82, 2.24) is 5.32 Å². The Hall–Kier alpha value is -1.06. The summed E-state index contributed by atoms with van der Waals surface area (Å²) in [5.74, 6) is -0.848. The number of carboxylic acids is 1. The molecule has 2 unspecified atom stereocenters. The molecular formula is C17H29NO3. The summed E-state index contributed by atoms with van der Waals surface area (Å²) in [6.45, 7) is 1.96. The van der Waals surface area contributed by atoms with Gasteiger partial charge in [0.15, 0.2) is 0 Å². The Morgan fingerprint density at radius 1 is 0.952 bits per heavy atom. The van der Waals surface area contributed by atoms with Gasteiger partial charge >= 0.3 is 5.97 Å². The van der Waals surface area contributed by atoms with E-state index in [2.05, 4.69) is 5.32 Å². The summed E-state index contributed by atoms with van der Waals surface area (Å²) in [7, 11) is 0. The highest BCUT2D eigenvalue weighted by Crippen LogP contribution is 2.35. The number of carbonyl (C=O) groups excluding carboxylic acids is 1. The summed E-state index contributed by atoms with van der Waals surface area (Å²) in [6.07, 6.45) is 11.1. The molecule has 0 spiro atoms. The van der Waals surface area contributed by atoms with Crippen LogP contribution < -0.4 is 5.32 Å². The third-order valence-electron chi connectivity index (χ3n) is 5.50. The van der Waals surface area contributed by atoms with Crippen LogP contribution >= 0.6 is 0 Å². The van der Waals surface area contributed by atoms with Gasteiger partial charge < -0.3 is 10.4 Å². The van der Waals surface area contributed by atoms with E-state index in [1.807, 2.05) is 6.92 Å². The summed E-state index contributed by atoms with van der Waals surface area (Å²) >= 11 is 0. The lowest BCUT2D eigenvalue weighted by Gasteiger charge is -2.40. The van der Waals surface area contributed by atoms with Crippen molar-refractivity contribution in [2.75, 3.05) is 0 Å². The van der Waals surface area contributed by atoms with E-state index in [4.69, 9.17) is 0 Å². The molecule has 4 nitrogen and oxygen atoms in total. The Morgan fingerprint density at radius 3 is 2.10 bits per heavy atom. The first kappa shape index (κ1) is 16.3. The number of hydrogen-bond acceptors (Lipinski definition) is 2. The largest absolute Gasteiger partial charge is 0.479 e. The van der Waals surface area contributed by atoms with Gasteiger partial charge in [-0.1, -0.05) is 51.9 Å². The van der Waals surface area contributed by atoms with Crippen LogP contribution in [0.5, 0.6) is 0 Å². The standard InChI is InChI=1S/C17H29NO3/c1-13-9-7-8-12-17(13,16(20)21)18-15(19)14-10-5-3-2-4-6-11-14/h13-14H,2-12H2,1H3,(H,18,19)(H,20,21). The highest BCUT2D eigenvalue weighted by Gasteiger charge is 2.46. The van der Waals surface area contributed by atoms with Crippen LogP contribution in [0, 0.1) is 11.8 Å². The average Bonchev–Trinajstić information content (AvgIpc) is 2.40. The van der Waals surface area contributed by atoms with Crippen LogP contribution in [0.25, 0.3) is 0 Å². The van der Waals surface area contributed by atoms with E-state index < -0.39 is 11.5 Å². The molecule has 120 valence electrons. The molecule has 0 aromatic carbocycles. The third kappa shape index (κ3) is 3.78. The molecule has 2 rings (SSSR count). The molecule has 2 aliphatic carbocycles. The second-order valence-electron chi connectivity index (χ2n) is 6.95. The molecule has 0 radical (unpaired) electrons. The van der Waals surface area contributed by atoms with Crippen LogP contribution in [0.3, 0.4) is 0 Å². The number of rotatable bonds is 3. The van der Waals surface area contributed by atoms with E-state index in [1.54, 1.807) is 0 Å². The minimum atomic E-state index is -1.03. The summed E-state index contributed by atoms with van der Waals surface area (Å²) in [5.41, 5.74) is -1.03. The molecule has 0 aromatic heterocycles. The van der Waals surface area contributed by atoms with Crippen molar-refractivity contribution in [2.45, 2.75) is 83.1 Å². The van der Waals surface area contributed by atoms with E-state index >= 15 is 0 Å². The van der Waals surface area contributed by atoms with Crippen LogP contribution in [0.15, 0.2) is 0 Å². The fourth-order valence-corrected chi connectivity index (χ4v) is 3.94. The Kier molecular flexibility index (Phi) is 5.65. The van der Waals surface area contributed by atoms with Crippen LogP contribution in [0.1, 0.15) is 77.6 Å². The third-order valence-corrected chi connectivity index (χ3v) is 5.50. The van der Waals surface area contributed by atoms with Gasteiger partial charge in [-0.2, -0.15) is 0 Å². The van der Waals surface area contributed by atoms with Crippen LogP contribution in [0.4, 0.5) is 0 Å². The zero-order valence-electron chi connectivity index (χ0n) is 13.2. The van der Waals surface area contributed by atoms with Crippen molar-refractivity contribution in [1.29, 1.82) is 0 Å². The Bertz CT molecular complexity index is 374. The lowest BCUT2D eigenvalue weighted by molar-refractivity contribution is -0.152. The number of nitrogens with one attached hydrogen (secondary N) is 1. The normalized spacial score (nSPS) is 32.0. The molecule has 0 aliphatic heterocycles. The van der Waals surface area contributed by atoms with E-state index in [-0.39, 0.29) is 17.7 Å². The highest BCUT2D eigenvalue weighted by molar-refractivity contribution is 5.88. The summed E-state index contributed by atoms with van der Waals surface area (Å²) in [6, 6.07) is 0. The van der Waals surface area contributed by atoms with E-state index in [0.29, 0.717) is 6.42 Å². The van der Waals surface area contributed by atoms with Gasteiger partial charge in [-0.3, -0.25) is 4.79 Å². The first-order valence-corrected chi connectivity index (χ1v) is 8.61. The fourth-order valence-electron chi connectivity index (χ4n) is 3.94. The Balaban J connectivity index is 2.05. The molecule has 0 saturated heterocycles. The first-order chi connectivity index (χ1) is 10.1. The van der Waals surface area contributed by atoms with Gasteiger partial charge in [0, 0.05) is 5.92 Å². The van der Waals surface area contributed by atoms with Crippen molar-refractivity contribution < 1.29 is 14.7 Å². The molecule has 2 N–H and O–H groups in total. The van der Waals surface area contributed by atoms with Crippen molar-refractivity contribution in [2.24, 2.45) is 11.8 Å². The number of hydrogen-bond donors (Lipinski definition) is 2. The quantitative estimate of drug-likeness (QED) is 0.837. The van der Waals surface area contributed by atoms with E-state index in [9.17, 15) is 14.7 Å². The molecule has 21 heavy (non-hydrogen) atoms. The lowest BCUT2D eigenvalue weighted by Crippen LogP contribution is -2.61. The average molecular weight is 295 g/mol. The van der Waals surface area contributed by atoms with Crippen LogP contribution in [-0.4, -0.2) is 22.5 Å². The van der Waals surface area contributed by atoms with E-state index in [0.717, 1.165) is 44.9 Å². The Morgan fingerprint density at radius 2 is 1.52 bits per heavy atom. The fraction of sp³-hybridized carbons (Fsp3) is 0.882. The smallest absolute Gasteiger partial charge is 0.329 e. The predicted octanol–water partition coefficient (Wildman–Crippen LogP) is 3.50. The molecule has 0 bridgehead atoms. The van der Waals surface area contributed by atoms with Gasteiger partial charge in [-0.05, 0) is 31.6 Å². The van der Waals surface area contributed by atoms with Crippen molar-refractivity contribution in [3.63, 3.8) is 0 Å². The molecule has 2 atom stereocenters. The van der Waals surface area contributed by atoms with Gasteiger partial charge in [0.05, 0.1) is 0 Å². The van der Waals surface area contributed by atoms with Gasteiger partial charge in [0.2, 0.25) is 5.91 Å². The minimum Gasteiger partial charge on any atom is -0.479 e. The van der Waals surface area contributed by atoms with Crippen molar-refractivity contribution in [3.8, 4) is 0 Å². The van der Waals surface area contributed by atoms with Gasteiger partial charge in [-0.25, -0.2) is 4.79 Å². The lowest BCUT2D eigenvalue weighted by atomic mass is 9.73. The van der Waals surface area contributed by atoms with Gasteiger partial charge in [0.1, 0.15) is 5.54 Å². The second kappa shape index (κ2) is 7.28. The van der Waals surface area contributed by atoms with Gasteiger partial charge in [0.25, 0.3) is 0 Å². The predicted molar refractivity (Wildman–Crippen MR) is 82.0 cm³/mol. The minimum absolute atomic E-state index is 0.00986. The molecule has 0 aromatic rings. The molecular weight excluding hydrogens is 266 g/mol. The monoisotopic (exact) mass is 295 g/mol. The molecule has 2 aliphatic rings. The SMILES string of the molecule is CC1CCCCC1(NC(=O)C1CCCCCCC1)C(=O)O. The van der Waals surface area contributed by atoms with Gasteiger partial charge in [-0.15, -0.1) is 0 Å². The molecule has 4 heteroatoms. The summed E-state index contributed by atoms with van der Waals surface area (Å²) < 4.78 is 0. The number of carbonyl (C=O) groups is 2. The number of amides is 1. The zero-order chi connectivity index (χ0) is 15.3. The maximum atomic E-state index is 12.6. The molecule has 1 amide bonds. The highest BCUT2D eigenvalue weighted by atomic mass is 16.4. The summed E-state index contributed by atoms with van der Waals surface area (Å²) in [5, 5.41) is 12.7. The second-order valence-corrected chi connectivity index (χ2v) is 6.95. The summed E-state index contributed by atoms with van der Waals surface area (Å²) in [4.78, 5) is 24.4. The topological polar surface area (TPSA) is 66.4 Å². The molecule has 2 fully saturated rings. The Labute approximate surface area is 127 Å². The van der Waals surface area contributed by atoms with Crippen LogP contribution in [0.2, 0.25) is 0 Å². The van der Waals surface area contributed by atoms with E-state index in [1.165, 1.54) is 19.3 Å².